The normalized spacial score (nSPS) is 12.1. The van der Waals surface area contributed by atoms with E-state index in [1.807, 2.05) is 6.07 Å². The van der Waals surface area contributed by atoms with Gasteiger partial charge in [-0.2, -0.15) is 4.68 Å². The Morgan fingerprint density at radius 3 is 2.12 bits per heavy atom. The lowest BCUT2D eigenvalue weighted by Crippen LogP contribution is -2.50. The first kappa shape index (κ1) is 29.2. The summed E-state index contributed by atoms with van der Waals surface area (Å²) in [6.45, 7) is 1.35. The van der Waals surface area contributed by atoms with Crippen LogP contribution in [0.25, 0.3) is 5.69 Å². The number of aliphatic hydroxyl groups excluding tert-OH is 2. The fourth-order valence-corrected chi connectivity index (χ4v) is 4.44. The second-order valence-corrected chi connectivity index (χ2v) is 9.96. The molecule has 0 aliphatic carbocycles. The van der Waals surface area contributed by atoms with Gasteiger partial charge in [0.1, 0.15) is 5.75 Å². The van der Waals surface area contributed by atoms with Crippen LogP contribution in [0, 0.1) is 12.3 Å². The summed E-state index contributed by atoms with van der Waals surface area (Å²) in [7, 11) is 1.41. The Labute approximate surface area is 235 Å². The van der Waals surface area contributed by atoms with E-state index in [4.69, 9.17) is 4.74 Å². The van der Waals surface area contributed by atoms with Gasteiger partial charge in [-0.05, 0) is 49.2 Å². The number of aromatic nitrogens is 3. The molecule has 3 N–H and O–H groups in total. The van der Waals surface area contributed by atoms with Gasteiger partial charge in [-0.15, -0.1) is 0 Å². The van der Waals surface area contributed by atoms with E-state index in [2.05, 4.69) is 5.32 Å². The molecule has 3 aromatic carbocycles. The van der Waals surface area contributed by atoms with Crippen LogP contribution in [-0.4, -0.2) is 56.2 Å². The number of nitrogens with zero attached hydrogens (tertiary/aromatic N) is 3. The molecule has 0 spiro atoms. The van der Waals surface area contributed by atoms with Gasteiger partial charge in [0, 0.05) is 0 Å². The molecule has 4 aromatic rings. The molecule has 0 bridgehead atoms. The number of ketones is 1. The number of amides is 1. The molecule has 4 rings (SSSR count). The maximum absolute atomic E-state index is 14.0. The number of aryl methyl sites for hydroxylation is 1. The highest BCUT2D eigenvalue weighted by Gasteiger charge is 2.44. The summed E-state index contributed by atoms with van der Waals surface area (Å²) in [5, 5.41) is 22.6. The number of anilines is 1. The van der Waals surface area contributed by atoms with Gasteiger partial charge >= 0.3 is 11.4 Å². The van der Waals surface area contributed by atoms with Crippen LogP contribution in [0.2, 0.25) is 0 Å². The number of methoxy groups -OCH3 is 1. The average Bonchev–Trinajstić information content (AvgIpc) is 3.22. The second kappa shape index (κ2) is 12.2. The third-order valence-electron chi connectivity index (χ3n) is 6.89. The molecule has 0 aliphatic heterocycles. The van der Waals surface area contributed by atoms with E-state index in [1.165, 1.54) is 14.0 Å². The number of carbonyl (C=O) groups is 2. The fraction of sp³-hybridized carbons (Fsp3) is 0.267. The number of hydrogen-bond donors (Lipinski definition) is 3. The van der Waals surface area contributed by atoms with E-state index in [9.17, 15) is 29.4 Å². The quantitative estimate of drug-likeness (QED) is 0.238. The van der Waals surface area contributed by atoms with E-state index >= 15 is 0 Å². The van der Waals surface area contributed by atoms with Crippen molar-refractivity contribution >= 4 is 17.4 Å². The maximum atomic E-state index is 14.0. The topological polar surface area (TPSA) is 145 Å². The fourth-order valence-electron chi connectivity index (χ4n) is 4.44. The number of nitrogens with one attached hydrogen (secondary N) is 1. The molecule has 11 nitrogen and oxygen atoms in total. The average molecular weight is 561 g/mol. The van der Waals surface area contributed by atoms with E-state index in [0.29, 0.717) is 15.8 Å². The third kappa shape index (κ3) is 5.76. The first-order valence-electron chi connectivity index (χ1n) is 12.9. The number of ether oxygens (including phenoxy) is 1. The Bertz CT molecular complexity index is 1650. The highest BCUT2D eigenvalue weighted by Crippen LogP contribution is 2.28. The Hall–Kier alpha value is -4.74. The zero-order valence-electron chi connectivity index (χ0n) is 23.0. The van der Waals surface area contributed by atoms with Gasteiger partial charge in [0.15, 0.2) is 11.8 Å². The molecule has 0 fully saturated rings. The predicted molar refractivity (Wildman–Crippen MR) is 153 cm³/mol. The maximum Gasteiger partial charge on any atom is 0.353 e. The van der Waals surface area contributed by atoms with Crippen molar-refractivity contribution < 1.29 is 24.5 Å². The third-order valence-corrected chi connectivity index (χ3v) is 6.89. The summed E-state index contributed by atoms with van der Waals surface area (Å²) in [5.41, 5.74) is -1.69. The Kier molecular flexibility index (Phi) is 8.70. The van der Waals surface area contributed by atoms with Crippen molar-refractivity contribution in [3.8, 4) is 11.4 Å². The van der Waals surface area contributed by atoms with Crippen LogP contribution in [0.4, 0.5) is 5.69 Å². The summed E-state index contributed by atoms with van der Waals surface area (Å²) >= 11 is 0. The van der Waals surface area contributed by atoms with Gasteiger partial charge < -0.3 is 20.3 Å². The molecule has 41 heavy (non-hydrogen) atoms. The molecular weight excluding hydrogens is 528 g/mol. The smallest absolute Gasteiger partial charge is 0.353 e. The molecule has 1 unspecified atom stereocenters. The number of para-hydroxylation sites is 1. The summed E-state index contributed by atoms with van der Waals surface area (Å²) in [6, 6.07) is 20.2. The van der Waals surface area contributed by atoms with Gasteiger partial charge in [-0.3, -0.25) is 9.59 Å². The summed E-state index contributed by atoms with van der Waals surface area (Å²) < 4.78 is 8.15. The van der Waals surface area contributed by atoms with Crippen LogP contribution < -0.4 is 21.4 Å². The molecule has 0 aliphatic rings. The van der Waals surface area contributed by atoms with Crippen LogP contribution in [0.1, 0.15) is 24.1 Å². The molecule has 11 heteroatoms. The molecule has 214 valence electrons. The van der Waals surface area contributed by atoms with E-state index in [0.717, 1.165) is 14.9 Å². The Morgan fingerprint density at radius 2 is 1.54 bits per heavy atom. The van der Waals surface area contributed by atoms with Crippen LogP contribution in [-0.2, 0) is 16.1 Å². The molecule has 1 amide bonds. The van der Waals surface area contributed by atoms with Crippen molar-refractivity contribution in [3.63, 3.8) is 0 Å². The van der Waals surface area contributed by atoms with Gasteiger partial charge in [0.05, 0.1) is 43.7 Å². The SMILES string of the molecule is COc1ccc(C)cc1NC(=O)C(C(=O)C(C)(CO)CO)n1c(=O)n(Cc2ccccc2)n(-c2ccccc2)c1=O. The standard InChI is InChI=1S/C30H32N4O7/c1-20-14-15-24(41-3)23(16-20)31-27(38)25(26(37)30(2,18-35)19-36)33-28(39)32(17-21-10-6-4-7-11-21)34(29(33)40)22-12-8-5-9-13-22/h4-16,25,35-36H,17-19H2,1-3H3,(H,31,38). The van der Waals surface area contributed by atoms with E-state index < -0.39 is 47.7 Å². The Balaban J connectivity index is 1.96. The minimum Gasteiger partial charge on any atom is -0.495 e. The highest BCUT2D eigenvalue weighted by molar-refractivity contribution is 6.11. The number of Topliss-reactive ketones (excluding diaryl/α,β-unsaturated/α-hetero) is 1. The van der Waals surface area contributed by atoms with Gasteiger partial charge in [-0.1, -0.05) is 54.6 Å². The lowest BCUT2D eigenvalue weighted by molar-refractivity contribution is -0.140. The van der Waals surface area contributed by atoms with Crippen LogP contribution in [0.5, 0.6) is 5.75 Å². The van der Waals surface area contributed by atoms with Crippen molar-refractivity contribution in [2.75, 3.05) is 25.6 Å². The molecule has 1 heterocycles. The van der Waals surface area contributed by atoms with Crippen molar-refractivity contribution in [2.45, 2.75) is 26.4 Å². The first-order chi connectivity index (χ1) is 19.6. The highest BCUT2D eigenvalue weighted by atomic mass is 16.5. The monoisotopic (exact) mass is 560 g/mol. The number of rotatable bonds is 11. The predicted octanol–water partition coefficient (Wildman–Crippen LogP) is 1.91. The van der Waals surface area contributed by atoms with Crippen molar-refractivity contribution in [2.24, 2.45) is 5.41 Å². The number of benzene rings is 3. The number of hydrogen-bond acceptors (Lipinski definition) is 7. The second-order valence-electron chi connectivity index (χ2n) is 9.96. The molecule has 0 radical (unpaired) electrons. The minimum atomic E-state index is -2.03. The largest absolute Gasteiger partial charge is 0.495 e. The first-order valence-corrected chi connectivity index (χ1v) is 12.9. The minimum absolute atomic E-state index is 0.0394. The van der Waals surface area contributed by atoms with E-state index in [1.54, 1.807) is 79.7 Å². The number of aliphatic hydroxyl groups is 2. The van der Waals surface area contributed by atoms with Crippen molar-refractivity contribution in [3.05, 3.63) is 111 Å². The van der Waals surface area contributed by atoms with Gasteiger partial charge in [-0.25, -0.2) is 18.8 Å². The molecule has 1 atom stereocenters. The molecular formula is C30H32N4O7. The van der Waals surface area contributed by atoms with Crippen molar-refractivity contribution in [1.29, 1.82) is 0 Å². The summed E-state index contributed by atoms with van der Waals surface area (Å²) in [6.07, 6.45) is 0. The molecule has 0 saturated carbocycles. The lowest BCUT2D eigenvalue weighted by atomic mass is 9.83. The lowest BCUT2D eigenvalue weighted by Gasteiger charge is -2.27. The zero-order valence-corrected chi connectivity index (χ0v) is 23.0. The zero-order chi connectivity index (χ0) is 29.7. The van der Waals surface area contributed by atoms with E-state index in [-0.39, 0.29) is 18.0 Å². The number of carbonyl (C=O) groups excluding carboxylic acids is 2. The summed E-state index contributed by atoms with van der Waals surface area (Å²) in [5.74, 6) is -1.73. The van der Waals surface area contributed by atoms with Crippen LogP contribution in [0.15, 0.2) is 88.5 Å². The van der Waals surface area contributed by atoms with Crippen LogP contribution >= 0.6 is 0 Å². The summed E-state index contributed by atoms with van der Waals surface area (Å²) in [4.78, 5) is 55.7. The molecule has 0 saturated heterocycles. The molecule has 1 aromatic heterocycles. The van der Waals surface area contributed by atoms with Crippen LogP contribution in [0.3, 0.4) is 0 Å². The van der Waals surface area contributed by atoms with Gasteiger partial charge in [0.25, 0.3) is 5.91 Å². The van der Waals surface area contributed by atoms with Crippen molar-refractivity contribution in [1.82, 2.24) is 13.9 Å². The van der Waals surface area contributed by atoms with Gasteiger partial charge in [0.2, 0.25) is 0 Å². The Morgan fingerprint density at radius 1 is 0.927 bits per heavy atom.